The van der Waals surface area contributed by atoms with Crippen molar-refractivity contribution in [1.82, 2.24) is 5.32 Å². The number of non-ortho nitro benzene ring substituents is 1. The molecule has 1 N–H and O–H groups in total. The van der Waals surface area contributed by atoms with Crippen molar-refractivity contribution in [3.63, 3.8) is 0 Å². The Balaban J connectivity index is 2.15. The van der Waals surface area contributed by atoms with Crippen LogP contribution in [0.3, 0.4) is 0 Å². The molecule has 5 heteroatoms. The van der Waals surface area contributed by atoms with E-state index in [1.807, 2.05) is 6.07 Å². The summed E-state index contributed by atoms with van der Waals surface area (Å²) in [6.07, 6.45) is 0.707. The number of nitrogens with zero attached hydrogens (tertiary/aromatic N) is 1. The van der Waals surface area contributed by atoms with Gasteiger partial charge in [0.1, 0.15) is 0 Å². The molecule has 0 atom stereocenters. The van der Waals surface area contributed by atoms with Gasteiger partial charge in [0.25, 0.3) is 5.69 Å². The van der Waals surface area contributed by atoms with E-state index in [1.165, 1.54) is 6.07 Å². The van der Waals surface area contributed by atoms with E-state index in [1.54, 1.807) is 19.2 Å². The molecule has 1 saturated heterocycles. The molecule has 0 amide bonds. The average molecular weight is 222 g/mol. The van der Waals surface area contributed by atoms with Crippen LogP contribution in [-0.2, 0) is 11.2 Å². The van der Waals surface area contributed by atoms with E-state index in [0.717, 1.165) is 18.7 Å². The van der Waals surface area contributed by atoms with Crippen LogP contribution in [0.25, 0.3) is 0 Å². The molecular weight excluding hydrogens is 208 g/mol. The summed E-state index contributed by atoms with van der Waals surface area (Å²) in [5.74, 6) is 0. The summed E-state index contributed by atoms with van der Waals surface area (Å²) in [5, 5.41) is 13.8. The normalized spacial score (nSPS) is 17.8. The fraction of sp³-hybridized carbons (Fsp3) is 0.455. The predicted octanol–water partition coefficient (Wildman–Crippen LogP) is 1.13. The summed E-state index contributed by atoms with van der Waals surface area (Å²) in [7, 11) is 1.68. The highest BCUT2D eigenvalue weighted by molar-refractivity contribution is 5.35. The number of ether oxygens (including phenoxy) is 1. The molecule has 16 heavy (non-hydrogen) atoms. The van der Waals surface area contributed by atoms with Gasteiger partial charge in [-0.05, 0) is 5.56 Å². The molecule has 1 fully saturated rings. The van der Waals surface area contributed by atoms with Crippen molar-refractivity contribution in [1.29, 1.82) is 0 Å². The molecule has 1 heterocycles. The van der Waals surface area contributed by atoms with Crippen molar-refractivity contribution in [3.05, 3.63) is 39.9 Å². The van der Waals surface area contributed by atoms with Gasteiger partial charge in [0.05, 0.1) is 10.5 Å². The number of nitro groups is 1. The van der Waals surface area contributed by atoms with Crippen LogP contribution in [0.1, 0.15) is 5.56 Å². The van der Waals surface area contributed by atoms with Gasteiger partial charge < -0.3 is 10.1 Å². The summed E-state index contributed by atoms with van der Waals surface area (Å²) < 4.78 is 5.45. The molecule has 0 aliphatic carbocycles. The van der Waals surface area contributed by atoms with E-state index < -0.39 is 0 Å². The standard InChI is InChI=1S/C11H14N2O3/c1-16-11(7-12-8-11)6-9-3-2-4-10(5-9)13(14)15/h2-5,12H,6-8H2,1H3. The first-order chi connectivity index (χ1) is 7.65. The second-order valence-electron chi connectivity index (χ2n) is 4.09. The van der Waals surface area contributed by atoms with E-state index in [-0.39, 0.29) is 16.2 Å². The molecule has 0 spiro atoms. The number of nitrogens with one attached hydrogen (secondary N) is 1. The SMILES string of the molecule is COC1(Cc2cccc([N+](=O)[O-])c2)CNC1. The zero-order chi connectivity index (χ0) is 11.6. The largest absolute Gasteiger partial charge is 0.375 e. The zero-order valence-electron chi connectivity index (χ0n) is 9.10. The lowest BCUT2D eigenvalue weighted by atomic mass is 9.89. The molecule has 2 rings (SSSR count). The van der Waals surface area contributed by atoms with E-state index in [2.05, 4.69) is 5.32 Å². The Kier molecular flexibility index (Phi) is 2.89. The molecule has 0 bridgehead atoms. The first kappa shape index (κ1) is 11.0. The van der Waals surface area contributed by atoms with Crippen LogP contribution in [0.2, 0.25) is 0 Å². The van der Waals surface area contributed by atoms with E-state index in [9.17, 15) is 10.1 Å². The Bertz CT molecular complexity index is 396. The molecule has 1 aliphatic rings. The van der Waals surface area contributed by atoms with Crippen LogP contribution in [0.15, 0.2) is 24.3 Å². The molecular formula is C11H14N2O3. The molecule has 0 aromatic heterocycles. The van der Waals surface area contributed by atoms with Crippen molar-refractivity contribution >= 4 is 5.69 Å². The third kappa shape index (κ3) is 2.05. The minimum atomic E-state index is -0.373. The molecule has 1 aliphatic heterocycles. The van der Waals surface area contributed by atoms with Crippen LogP contribution in [0.4, 0.5) is 5.69 Å². The molecule has 5 nitrogen and oxygen atoms in total. The minimum absolute atomic E-state index is 0.135. The third-order valence-electron chi connectivity index (χ3n) is 2.98. The fourth-order valence-corrected chi connectivity index (χ4v) is 1.90. The number of methoxy groups -OCH3 is 1. The van der Waals surface area contributed by atoms with Crippen molar-refractivity contribution in [2.24, 2.45) is 0 Å². The number of hydrogen-bond acceptors (Lipinski definition) is 4. The fourth-order valence-electron chi connectivity index (χ4n) is 1.90. The van der Waals surface area contributed by atoms with Crippen LogP contribution in [-0.4, -0.2) is 30.7 Å². The number of hydrogen-bond donors (Lipinski definition) is 1. The topological polar surface area (TPSA) is 64.4 Å². The van der Waals surface area contributed by atoms with Gasteiger partial charge in [-0.2, -0.15) is 0 Å². The summed E-state index contributed by atoms with van der Waals surface area (Å²) in [6, 6.07) is 6.72. The number of nitro benzene ring substituents is 1. The highest BCUT2D eigenvalue weighted by Gasteiger charge is 2.37. The second kappa shape index (κ2) is 4.19. The van der Waals surface area contributed by atoms with Gasteiger partial charge in [-0.15, -0.1) is 0 Å². The van der Waals surface area contributed by atoms with Gasteiger partial charge in [0.2, 0.25) is 0 Å². The Morgan fingerprint density at radius 2 is 2.31 bits per heavy atom. The van der Waals surface area contributed by atoms with E-state index in [0.29, 0.717) is 6.42 Å². The number of rotatable bonds is 4. The monoisotopic (exact) mass is 222 g/mol. The summed E-state index contributed by atoms with van der Waals surface area (Å²) >= 11 is 0. The van der Waals surface area contributed by atoms with E-state index in [4.69, 9.17) is 4.74 Å². The smallest absolute Gasteiger partial charge is 0.269 e. The quantitative estimate of drug-likeness (QED) is 0.612. The summed E-state index contributed by atoms with van der Waals surface area (Å²) in [6.45, 7) is 1.60. The van der Waals surface area contributed by atoms with Gasteiger partial charge in [-0.1, -0.05) is 12.1 Å². The van der Waals surface area contributed by atoms with Crippen LogP contribution >= 0.6 is 0 Å². The molecule has 0 radical (unpaired) electrons. The molecule has 1 aromatic carbocycles. The second-order valence-corrected chi connectivity index (χ2v) is 4.09. The maximum absolute atomic E-state index is 10.6. The van der Waals surface area contributed by atoms with Crippen molar-refractivity contribution in [2.45, 2.75) is 12.0 Å². The molecule has 0 unspecified atom stereocenters. The first-order valence-electron chi connectivity index (χ1n) is 5.14. The Labute approximate surface area is 93.6 Å². The van der Waals surface area contributed by atoms with E-state index >= 15 is 0 Å². The maximum atomic E-state index is 10.6. The van der Waals surface area contributed by atoms with Crippen molar-refractivity contribution in [2.75, 3.05) is 20.2 Å². The molecule has 86 valence electrons. The lowest BCUT2D eigenvalue weighted by Crippen LogP contribution is -2.61. The lowest BCUT2D eigenvalue weighted by Gasteiger charge is -2.41. The van der Waals surface area contributed by atoms with Crippen LogP contribution < -0.4 is 5.32 Å². The van der Waals surface area contributed by atoms with Gasteiger partial charge in [0.15, 0.2) is 0 Å². The molecule has 1 aromatic rings. The lowest BCUT2D eigenvalue weighted by molar-refractivity contribution is -0.384. The molecule has 0 saturated carbocycles. The van der Waals surface area contributed by atoms with Crippen LogP contribution in [0, 0.1) is 10.1 Å². The third-order valence-corrected chi connectivity index (χ3v) is 2.98. The highest BCUT2D eigenvalue weighted by atomic mass is 16.6. The van der Waals surface area contributed by atoms with Gasteiger partial charge >= 0.3 is 0 Å². The number of benzene rings is 1. The van der Waals surface area contributed by atoms with Crippen molar-refractivity contribution in [3.8, 4) is 0 Å². The van der Waals surface area contributed by atoms with Gasteiger partial charge in [-0.3, -0.25) is 10.1 Å². The highest BCUT2D eigenvalue weighted by Crippen LogP contribution is 2.23. The average Bonchev–Trinajstić information content (AvgIpc) is 2.24. The zero-order valence-corrected chi connectivity index (χ0v) is 9.10. The first-order valence-corrected chi connectivity index (χ1v) is 5.14. The minimum Gasteiger partial charge on any atom is -0.375 e. The summed E-state index contributed by atoms with van der Waals surface area (Å²) in [4.78, 5) is 10.3. The Morgan fingerprint density at radius 3 is 2.81 bits per heavy atom. The maximum Gasteiger partial charge on any atom is 0.269 e. The Hall–Kier alpha value is -1.46. The van der Waals surface area contributed by atoms with Crippen LogP contribution in [0.5, 0.6) is 0 Å². The van der Waals surface area contributed by atoms with Gasteiger partial charge in [0, 0.05) is 38.8 Å². The van der Waals surface area contributed by atoms with Gasteiger partial charge in [-0.25, -0.2) is 0 Å². The Morgan fingerprint density at radius 1 is 1.56 bits per heavy atom. The predicted molar refractivity (Wildman–Crippen MR) is 59.4 cm³/mol. The summed E-state index contributed by atoms with van der Waals surface area (Å²) in [5.41, 5.74) is 0.892. The van der Waals surface area contributed by atoms with Crippen molar-refractivity contribution < 1.29 is 9.66 Å².